The predicted octanol–water partition coefficient (Wildman–Crippen LogP) is 2.95. The Kier molecular flexibility index (Phi) is 4.93. The van der Waals surface area contributed by atoms with Gasteiger partial charge in [-0.05, 0) is 49.6 Å². The fourth-order valence-electron chi connectivity index (χ4n) is 1.99. The van der Waals surface area contributed by atoms with Crippen molar-refractivity contribution in [1.82, 2.24) is 9.97 Å². The first kappa shape index (κ1) is 15.0. The van der Waals surface area contributed by atoms with E-state index in [0.29, 0.717) is 0 Å². The summed E-state index contributed by atoms with van der Waals surface area (Å²) in [6.45, 7) is 3.93. The van der Waals surface area contributed by atoms with E-state index in [1.165, 1.54) is 11.1 Å². The van der Waals surface area contributed by atoms with Crippen molar-refractivity contribution < 1.29 is 0 Å². The minimum absolute atomic E-state index is 0.835. The van der Waals surface area contributed by atoms with Crippen LogP contribution in [0, 0.1) is 0 Å². The standard InChI is InChI=1S/C17H20N4/c1-12(18-3)16-6-5-15(11-21-16)9-14-7-8-20-17(10-14)13(2)19-4/h5-8,10-11H,9H2,1-4H3/b18-12+,19-13+. The molecule has 0 saturated heterocycles. The minimum atomic E-state index is 0.835. The smallest absolute Gasteiger partial charge is 0.0839 e. The number of hydrogen-bond donors (Lipinski definition) is 0. The van der Waals surface area contributed by atoms with Gasteiger partial charge in [-0.2, -0.15) is 0 Å². The van der Waals surface area contributed by atoms with E-state index in [1.807, 2.05) is 38.4 Å². The van der Waals surface area contributed by atoms with Gasteiger partial charge < -0.3 is 0 Å². The lowest BCUT2D eigenvalue weighted by Gasteiger charge is -2.05. The van der Waals surface area contributed by atoms with Crippen molar-refractivity contribution in [2.24, 2.45) is 9.98 Å². The zero-order valence-electron chi connectivity index (χ0n) is 13.0. The second kappa shape index (κ2) is 6.88. The molecule has 0 saturated carbocycles. The Hall–Kier alpha value is -2.36. The first-order valence-corrected chi connectivity index (χ1v) is 6.91. The Balaban J connectivity index is 2.19. The highest BCUT2D eigenvalue weighted by Gasteiger charge is 2.03. The van der Waals surface area contributed by atoms with Crippen LogP contribution in [0.25, 0.3) is 0 Å². The third-order valence-corrected chi connectivity index (χ3v) is 3.47. The van der Waals surface area contributed by atoms with E-state index in [4.69, 9.17) is 0 Å². The number of aliphatic imine (C=N–C) groups is 2. The SMILES string of the molecule is C/N=C(\C)c1ccc(Cc2ccnc(/C(C)=N/C)c2)cn1. The van der Waals surface area contributed by atoms with E-state index in [9.17, 15) is 0 Å². The molecular weight excluding hydrogens is 260 g/mol. The maximum atomic E-state index is 4.45. The zero-order chi connectivity index (χ0) is 15.2. The average Bonchev–Trinajstić information content (AvgIpc) is 2.54. The monoisotopic (exact) mass is 280 g/mol. The molecule has 0 amide bonds. The van der Waals surface area contributed by atoms with E-state index < -0.39 is 0 Å². The Labute approximate surface area is 125 Å². The van der Waals surface area contributed by atoms with Crippen molar-refractivity contribution in [2.45, 2.75) is 20.3 Å². The van der Waals surface area contributed by atoms with E-state index in [2.05, 4.69) is 32.1 Å². The van der Waals surface area contributed by atoms with Crippen molar-refractivity contribution in [3.63, 3.8) is 0 Å². The van der Waals surface area contributed by atoms with Crippen molar-refractivity contribution >= 4 is 11.4 Å². The fraction of sp³-hybridized carbons (Fsp3) is 0.294. The highest BCUT2D eigenvalue weighted by atomic mass is 14.8. The fourth-order valence-corrected chi connectivity index (χ4v) is 1.99. The molecule has 0 bridgehead atoms. The van der Waals surface area contributed by atoms with Crippen molar-refractivity contribution in [3.05, 3.63) is 59.2 Å². The normalized spacial score (nSPS) is 12.6. The Morgan fingerprint density at radius 3 is 2.24 bits per heavy atom. The number of nitrogens with zero attached hydrogens (tertiary/aromatic N) is 4. The zero-order valence-corrected chi connectivity index (χ0v) is 13.0. The predicted molar refractivity (Wildman–Crippen MR) is 87.6 cm³/mol. The molecule has 0 aliphatic rings. The van der Waals surface area contributed by atoms with Gasteiger partial charge in [-0.1, -0.05) is 6.07 Å². The van der Waals surface area contributed by atoms with Crippen LogP contribution in [0.5, 0.6) is 0 Å². The molecule has 2 heterocycles. The molecule has 4 nitrogen and oxygen atoms in total. The molecule has 0 N–H and O–H groups in total. The van der Waals surface area contributed by atoms with Crippen LogP contribution in [0.4, 0.5) is 0 Å². The Morgan fingerprint density at radius 2 is 1.62 bits per heavy atom. The van der Waals surface area contributed by atoms with E-state index >= 15 is 0 Å². The number of pyridine rings is 2. The molecule has 4 heteroatoms. The number of aromatic nitrogens is 2. The third kappa shape index (κ3) is 3.81. The highest BCUT2D eigenvalue weighted by Crippen LogP contribution is 2.11. The Morgan fingerprint density at radius 1 is 0.905 bits per heavy atom. The van der Waals surface area contributed by atoms with Crippen LogP contribution >= 0.6 is 0 Å². The van der Waals surface area contributed by atoms with Crippen molar-refractivity contribution in [2.75, 3.05) is 14.1 Å². The second-order valence-electron chi connectivity index (χ2n) is 4.90. The largest absolute Gasteiger partial charge is 0.291 e. The molecular formula is C17H20N4. The van der Waals surface area contributed by atoms with Crippen LogP contribution in [0.1, 0.15) is 36.4 Å². The summed E-state index contributed by atoms with van der Waals surface area (Å²) < 4.78 is 0. The summed E-state index contributed by atoms with van der Waals surface area (Å²) in [6.07, 6.45) is 4.57. The van der Waals surface area contributed by atoms with Gasteiger partial charge in [0.2, 0.25) is 0 Å². The molecule has 0 fully saturated rings. The van der Waals surface area contributed by atoms with E-state index in [1.54, 1.807) is 14.1 Å². The average molecular weight is 280 g/mol. The summed E-state index contributed by atoms with van der Waals surface area (Å²) in [5.74, 6) is 0. The van der Waals surface area contributed by atoms with Gasteiger partial charge in [-0.15, -0.1) is 0 Å². The molecule has 0 atom stereocenters. The first-order valence-electron chi connectivity index (χ1n) is 6.91. The van der Waals surface area contributed by atoms with Crippen molar-refractivity contribution in [1.29, 1.82) is 0 Å². The van der Waals surface area contributed by atoms with Crippen LogP contribution < -0.4 is 0 Å². The molecule has 2 aromatic rings. The molecule has 0 spiro atoms. The van der Waals surface area contributed by atoms with Gasteiger partial charge in [0.25, 0.3) is 0 Å². The molecule has 0 aliphatic heterocycles. The summed E-state index contributed by atoms with van der Waals surface area (Å²) in [7, 11) is 3.56. The highest BCUT2D eigenvalue weighted by molar-refractivity contribution is 5.97. The lowest BCUT2D eigenvalue weighted by molar-refractivity contribution is 1.11. The number of rotatable bonds is 4. The van der Waals surface area contributed by atoms with Gasteiger partial charge in [-0.3, -0.25) is 20.0 Å². The Bertz CT molecular complexity index is 669. The molecule has 108 valence electrons. The molecule has 2 aromatic heterocycles. The molecule has 0 aliphatic carbocycles. The van der Waals surface area contributed by atoms with Crippen LogP contribution in [0.3, 0.4) is 0 Å². The van der Waals surface area contributed by atoms with E-state index in [0.717, 1.165) is 29.2 Å². The summed E-state index contributed by atoms with van der Waals surface area (Å²) in [6, 6.07) is 8.21. The molecule has 2 rings (SSSR count). The van der Waals surface area contributed by atoms with E-state index in [-0.39, 0.29) is 0 Å². The lowest BCUT2D eigenvalue weighted by Crippen LogP contribution is -2.01. The van der Waals surface area contributed by atoms with Crippen LogP contribution in [-0.4, -0.2) is 35.5 Å². The van der Waals surface area contributed by atoms with Gasteiger partial charge in [0.05, 0.1) is 22.8 Å². The van der Waals surface area contributed by atoms with Gasteiger partial charge in [0.1, 0.15) is 0 Å². The maximum absolute atomic E-state index is 4.45. The summed E-state index contributed by atoms with van der Waals surface area (Å²) in [5.41, 5.74) is 6.12. The lowest BCUT2D eigenvalue weighted by atomic mass is 10.1. The summed E-state index contributed by atoms with van der Waals surface area (Å²) in [5, 5.41) is 0. The third-order valence-electron chi connectivity index (χ3n) is 3.47. The maximum Gasteiger partial charge on any atom is 0.0839 e. The van der Waals surface area contributed by atoms with Gasteiger partial charge in [-0.25, -0.2) is 0 Å². The van der Waals surface area contributed by atoms with Crippen molar-refractivity contribution in [3.8, 4) is 0 Å². The second-order valence-corrected chi connectivity index (χ2v) is 4.90. The van der Waals surface area contributed by atoms with Gasteiger partial charge in [0.15, 0.2) is 0 Å². The molecule has 0 unspecified atom stereocenters. The quantitative estimate of drug-likeness (QED) is 0.808. The van der Waals surface area contributed by atoms with Crippen LogP contribution in [-0.2, 0) is 6.42 Å². The van der Waals surface area contributed by atoms with Crippen LogP contribution in [0.2, 0.25) is 0 Å². The van der Waals surface area contributed by atoms with Gasteiger partial charge in [0, 0.05) is 26.5 Å². The molecule has 0 radical (unpaired) electrons. The summed E-state index contributed by atoms with van der Waals surface area (Å²) >= 11 is 0. The molecule has 21 heavy (non-hydrogen) atoms. The molecule has 0 aromatic carbocycles. The topological polar surface area (TPSA) is 50.5 Å². The minimum Gasteiger partial charge on any atom is -0.291 e. The van der Waals surface area contributed by atoms with Gasteiger partial charge >= 0.3 is 0 Å². The van der Waals surface area contributed by atoms with Crippen LogP contribution in [0.15, 0.2) is 46.6 Å². The first-order chi connectivity index (χ1) is 10.1. The summed E-state index contributed by atoms with van der Waals surface area (Å²) in [4.78, 5) is 17.1. The number of hydrogen-bond acceptors (Lipinski definition) is 4.